The van der Waals surface area contributed by atoms with Gasteiger partial charge in [0.25, 0.3) is 5.91 Å². The number of hydrogen-bond acceptors (Lipinski definition) is 6. The van der Waals surface area contributed by atoms with Crippen molar-refractivity contribution in [3.8, 4) is 5.75 Å². The van der Waals surface area contributed by atoms with E-state index in [4.69, 9.17) is 23.2 Å². The van der Waals surface area contributed by atoms with Crippen molar-refractivity contribution < 1.29 is 9.90 Å². The first-order chi connectivity index (χ1) is 17.4. The Kier molecular flexibility index (Phi) is 8.34. The molecular formula is C27H40Cl2N6O2. The number of likely N-dealkylation sites (tertiary alicyclic amines) is 1. The van der Waals surface area contributed by atoms with Crippen LogP contribution in [0.5, 0.6) is 5.75 Å². The van der Waals surface area contributed by atoms with Gasteiger partial charge in [0.15, 0.2) is 5.15 Å². The van der Waals surface area contributed by atoms with E-state index in [-0.39, 0.29) is 34.3 Å². The Morgan fingerprint density at radius 1 is 1.30 bits per heavy atom. The van der Waals surface area contributed by atoms with Gasteiger partial charge in [-0.25, -0.2) is 4.98 Å². The Bertz CT molecular complexity index is 1140. The molecule has 0 bridgehead atoms. The number of anilines is 1. The summed E-state index contributed by atoms with van der Waals surface area (Å²) in [5, 5.41) is 18.0. The summed E-state index contributed by atoms with van der Waals surface area (Å²) in [5.41, 5.74) is 1.75. The quantitative estimate of drug-likeness (QED) is 0.425. The van der Waals surface area contributed by atoms with Crippen molar-refractivity contribution in [3.63, 3.8) is 0 Å². The zero-order valence-electron chi connectivity index (χ0n) is 22.7. The second-order valence-corrected chi connectivity index (χ2v) is 12.3. The fourth-order valence-corrected chi connectivity index (χ4v) is 6.07. The number of phenols is 1. The van der Waals surface area contributed by atoms with Gasteiger partial charge < -0.3 is 25.2 Å². The van der Waals surface area contributed by atoms with E-state index in [1.807, 2.05) is 17.7 Å². The van der Waals surface area contributed by atoms with Crippen LogP contribution in [0.15, 0.2) is 12.1 Å². The maximum Gasteiger partial charge on any atom is 0.273 e. The predicted octanol–water partition coefficient (Wildman–Crippen LogP) is 4.89. The number of benzene rings is 1. The number of phenolic OH excluding ortho intramolecular Hbond substituents is 1. The smallest absolute Gasteiger partial charge is 0.273 e. The molecule has 204 valence electrons. The molecule has 2 aliphatic heterocycles. The number of imidazole rings is 1. The summed E-state index contributed by atoms with van der Waals surface area (Å²) in [6.07, 6.45) is 1.83. The largest absolute Gasteiger partial charge is 0.506 e. The summed E-state index contributed by atoms with van der Waals surface area (Å²) in [6.45, 7) is 14.4. The highest BCUT2D eigenvalue weighted by atomic mass is 35.5. The van der Waals surface area contributed by atoms with Crippen molar-refractivity contribution in [1.29, 1.82) is 0 Å². The molecule has 3 heterocycles. The zero-order chi connectivity index (χ0) is 27.1. The van der Waals surface area contributed by atoms with E-state index in [2.05, 4.69) is 55.1 Å². The first-order valence-corrected chi connectivity index (χ1v) is 13.9. The lowest BCUT2D eigenvalue weighted by Gasteiger charge is -2.27. The fraction of sp³-hybridized carbons (Fsp3) is 0.630. The number of amides is 1. The van der Waals surface area contributed by atoms with Gasteiger partial charge in [-0.1, -0.05) is 44.0 Å². The Hall–Kier alpha value is -2.00. The average molecular weight is 552 g/mol. The van der Waals surface area contributed by atoms with Gasteiger partial charge in [-0.05, 0) is 50.3 Å². The molecule has 0 unspecified atom stereocenters. The number of carbonyl (C=O) groups is 1. The van der Waals surface area contributed by atoms with Crippen LogP contribution in [0, 0.1) is 0 Å². The molecule has 0 radical (unpaired) electrons. The summed E-state index contributed by atoms with van der Waals surface area (Å²) in [5.74, 6) is 0.636. The minimum Gasteiger partial charge on any atom is -0.506 e. The Morgan fingerprint density at radius 3 is 2.62 bits per heavy atom. The third-order valence-corrected chi connectivity index (χ3v) is 8.24. The van der Waals surface area contributed by atoms with Gasteiger partial charge in [0.1, 0.15) is 17.3 Å². The number of rotatable bonds is 7. The zero-order valence-corrected chi connectivity index (χ0v) is 24.2. The molecule has 0 spiro atoms. The molecule has 2 saturated heterocycles. The van der Waals surface area contributed by atoms with Crippen molar-refractivity contribution >= 4 is 34.8 Å². The molecule has 37 heavy (non-hydrogen) atoms. The Morgan fingerprint density at radius 2 is 2.03 bits per heavy atom. The van der Waals surface area contributed by atoms with Gasteiger partial charge in [-0.2, -0.15) is 0 Å². The average Bonchev–Trinajstić information content (AvgIpc) is 3.56. The van der Waals surface area contributed by atoms with Crippen LogP contribution in [0.2, 0.25) is 10.2 Å². The number of halogens is 2. The first kappa shape index (κ1) is 28.0. The van der Waals surface area contributed by atoms with E-state index in [9.17, 15) is 9.90 Å². The van der Waals surface area contributed by atoms with Gasteiger partial charge in [0, 0.05) is 55.9 Å². The molecular weight excluding hydrogens is 511 g/mol. The minimum absolute atomic E-state index is 0.0684. The molecule has 3 N–H and O–H groups in total. The van der Waals surface area contributed by atoms with Crippen LogP contribution in [0.4, 0.5) is 5.69 Å². The monoisotopic (exact) mass is 550 g/mol. The van der Waals surface area contributed by atoms with E-state index in [1.54, 1.807) is 11.0 Å². The fourth-order valence-electron chi connectivity index (χ4n) is 5.36. The topological polar surface area (TPSA) is 85.7 Å². The normalized spacial score (nSPS) is 20.7. The number of hydrogen-bond donors (Lipinski definition) is 3. The second kappa shape index (κ2) is 11.0. The van der Waals surface area contributed by atoms with E-state index in [0.717, 1.165) is 44.6 Å². The Labute approximate surface area is 230 Å². The van der Waals surface area contributed by atoms with E-state index < -0.39 is 0 Å². The molecule has 0 saturated carbocycles. The molecule has 2 aromatic rings. The molecule has 0 aliphatic carbocycles. The van der Waals surface area contributed by atoms with E-state index >= 15 is 0 Å². The maximum atomic E-state index is 13.7. The minimum atomic E-state index is -0.188. The second-order valence-electron chi connectivity index (χ2n) is 11.6. The molecule has 4 rings (SSSR count). The number of likely N-dealkylation sites (N-methyl/N-ethyl adjacent to an activating group) is 1. The highest BCUT2D eigenvalue weighted by Gasteiger charge is 2.35. The highest BCUT2D eigenvalue weighted by molar-refractivity contribution is 6.32. The third kappa shape index (κ3) is 5.87. The van der Waals surface area contributed by atoms with Crippen LogP contribution >= 0.6 is 23.2 Å². The van der Waals surface area contributed by atoms with E-state index in [1.165, 1.54) is 0 Å². The van der Waals surface area contributed by atoms with Gasteiger partial charge >= 0.3 is 0 Å². The molecule has 2 aliphatic rings. The lowest BCUT2D eigenvalue weighted by Crippen LogP contribution is -2.40. The molecule has 1 amide bonds. The first-order valence-electron chi connectivity index (χ1n) is 13.1. The lowest BCUT2D eigenvalue weighted by atomic mass is 9.86. The number of aromatic hydroxyl groups is 1. The van der Waals surface area contributed by atoms with Crippen LogP contribution < -0.4 is 10.6 Å². The predicted molar refractivity (Wildman–Crippen MR) is 150 cm³/mol. The van der Waals surface area contributed by atoms with Gasteiger partial charge in [0.05, 0.1) is 12.2 Å². The molecule has 10 heteroatoms. The van der Waals surface area contributed by atoms with Crippen molar-refractivity contribution in [1.82, 2.24) is 24.7 Å². The van der Waals surface area contributed by atoms with E-state index in [0.29, 0.717) is 34.8 Å². The molecule has 2 fully saturated rings. The maximum absolute atomic E-state index is 13.7. The molecule has 8 nitrogen and oxygen atoms in total. The SMILES string of the molecule is CC(C)N1CC[C@@H](n2c(CNc3cc(C(C)(C)C)c(Cl)cc3O)nc(Cl)c2C(=O)N(C)[C@H]2CCNC2)C1. The Balaban J connectivity index is 1.68. The van der Waals surface area contributed by atoms with Gasteiger partial charge in [0.2, 0.25) is 0 Å². The lowest BCUT2D eigenvalue weighted by molar-refractivity contribution is 0.0730. The number of nitrogens with one attached hydrogen (secondary N) is 2. The third-order valence-electron chi connectivity index (χ3n) is 7.67. The summed E-state index contributed by atoms with van der Waals surface area (Å²) in [7, 11) is 1.85. The number of aromatic nitrogens is 2. The molecule has 1 aromatic heterocycles. The van der Waals surface area contributed by atoms with Crippen LogP contribution in [0.25, 0.3) is 0 Å². The van der Waals surface area contributed by atoms with Crippen molar-refractivity contribution in [2.24, 2.45) is 0 Å². The van der Waals surface area contributed by atoms with Crippen molar-refractivity contribution in [3.05, 3.63) is 39.4 Å². The number of nitrogens with zero attached hydrogens (tertiary/aromatic N) is 4. The van der Waals surface area contributed by atoms with Crippen LogP contribution in [0.1, 0.15) is 75.4 Å². The number of carbonyl (C=O) groups excluding carboxylic acids is 1. The summed E-state index contributed by atoms with van der Waals surface area (Å²) in [6, 6.07) is 4.08. The van der Waals surface area contributed by atoms with Gasteiger partial charge in [-0.15, -0.1) is 0 Å². The highest BCUT2D eigenvalue weighted by Crippen LogP contribution is 2.37. The van der Waals surface area contributed by atoms with Crippen LogP contribution in [0.3, 0.4) is 0 Å². The van der Waals surface area contributed by atoms with Crippen LogP contribution in [-0.4, -0.2) is 75.7 Å². The molecule has 1 aromatic carbocycles. The van der Waals surface area contributed by atoms with Gasteiger partial charge in [-0.3, -0.25) is 9.69 Å². The molecule has 2 atom stereocenters. The van der Waals surface area contributed by atoms with Crippen molar-refractivity contribution in [2.75, 3.05) is 38.5 Å². The summed E-state index contributed by atoms with van der Waals surface area (Å²) >= 11 is 13.1. The standard InChI is InChI=1S/C27H40Cl2N6O2/c1-16(2)34-10-8-18(15-34)35-23(14-31-21-11-19(27(3,4)5)20(28)12-22(21)36)32-25(29)24(35)26(37)33(6)17-7-9-30-13-17/h11-12,16-18,30-31,36H,7-10,13-15H2,1-6H3/t17-,18+/m0/s1. The summed E-state index contributed by atoms with van der Waals surface area (Å²) < 4.78 is 2.04. The van der Waals surface area contributed by atoms with Crippen molar-refractivity contribution in [2.45, 2.75) is 77.5 Å². The summed E-state index contributed by atoms with van der Waals surface area (Å²) in [4.78, 5) is 22.6. The van der Waals surface area contributed by atoms with Crippen LogP contribution in [-0.2, 0) is 12.0 Å².